The lowest BCUT2D eigenvalue weighted by molar-refractivity contribution is -0.130. The summed E-state index contributed by atoms with van der Waals surface area (Å²) in [6.07, 6.45) is -0.311. The molecule has 0 fully saturated rings. The largest absolute Gasteiger partial charge is 0.355 e. The molecule has 1 heterocycles. The Hall–Kier alpha value is -1.59. The van der Waals surface area contributed by atoms with Crippen LogP contribution in [-0.2, 0) is 14.3 Å². The Balaban J connectivity index is 2.13. The van der Waals surface area contributed by atoms with Crippen molar-refractivity contribution in [1.82, 2.24) is 0 Å². The molecule has 0 aliphatic carbocycles. The maximum atomic E-state index is 11.7. The smallest absolute Gasteiger partial charge is 0.243 e. The van der Waals surface area contributed by atoms with Gasteiger partial charge in [0.15, 0.2) is 6.29 Å². The minimum atomic E-state index is -0.311. The second-order valence-electron chi connectivity index (χ2n) is 4.29. The van der Waals surface area contributed by atoms with E-state index in [9.17, 15) is 4.79 Å². The van der Waals surface area contributed by atoms with Gasteiger partial charge in [-0.3, -0.25) is 4.79 Å². The van der Waals surface area contributed by atoms with Crippen molar-refractivity contribution >= 4 is 17.3 Å². The quantitative estimate of drug-likeness (QED) is 0.797. The number of hydrogen-bond donors (Lipinski definition) is 1. The summed E-state index contributed by atoms with van der Waals surface area (Å²) in [4.78, 5) is 13.7. The molecule has 1 aromatic carbocycles. The van der Waals surface area contributed by atoms with E-state index in [0.717, 1.165) is 11.4 Å². The van der Waals surface area contributed by atoms with Crippen molar-refractivity contribution in [2.75, 3.05) is 36.5 Å². The number of para-hydroxylation sites is 2. The normalized spacial score (nSPS) is 14.5. The van der Waals surface area contributed by atoms with E-state index in [1.54, 1.807) is 0 Å². The number of amides is 1. The van der Waals surface area contributed by atoms with Gasteiger partial charge in [-0.2, -0.15) is 0 Å². The number of nitrogens with zero attached hydrogens (tertiary/aromatic N) is 1. The first-order chi connectivity index (χ1) is 9.24. The van der Waals surface area contributed by atoms with Crippen LogP contribution in [0.2, 0.25) is 0 Å². The second-order valence-corrected chi connectivity index (χ2v) is 4.29. The van der Waals surface area contributed by atoms with Crippen LogP contribution in [0.3, 0.4) is 0 Å². The molecule has 0 saturated carbocycles. The van der Waals surface area contributed by atoms with E-state index < -0.39 is 0 Å². The van der Waals surface area contributed by atoms with Crippen molar-refractivity contribution in [2.24, 2.45) is 0 Å². The van der Waals surface area contributed by atoms with Gasteiger partial charge in [0.1, 0.15) is 0 Å². The van der Waals surface area contributed by atoms with Gasteiger partial charge in [0.05, 0.1) is 24.5 Å². The minimum Gasteiger partial charge on any atom is -0.355 e. The van der Waals surface area contributed by atoms with Crippen LogP contribution < -0.4 is 10.2 Å². The van der Waals surface area contributed by atoms with Gasteiger partial charge in [0, 0.05) is 13.2 Å². The summed E-state index contributed by atoms with van der Waals surface area (Å²) in [6, 6.07) is 7.75. The average Bonchev–Trinajstić information content (AvgIpc) is 2.39. The number of carbonyl (C=O) groups is 1. The third-order valence-corrected chi connectivity index (χ3v) is 2.93. The summed E-state index contributed by atoms with van der Waals surface area (Å²) in [5, 5.41) is 2.86. The first-order valence-corrected chi connectivity index (χ1v) is 6.61. The van der Waals surface area contributed by atoms with Crippen molar-refractivity contribution in [3.05, 3.63) is 24.3 Å². The molecule has 2 rings (SSSR count). The van der Waals surface area contributed by atoms with Gasteiger partial charge < -0.3 is 19.7 Å². The zero-order valence-corrected chi connectivity index (χ0v) is 11.4. The third-order valence-electron chi connectivity index (χ3n) is 2.93. The first-order valence-electron chi connectivity index (χ1n) is 6.61. The highest BCUT2D eigenvalue weighted by atomic mass is 16.7. The van der Waals surface area contributed by atoms with Gasteiger partial charge >= 0.3 is 0 Å². The van der Waals surface area contributed by atoms with Crippen LogP contribution >= 0.6 is 0 Å². The summed E-state index contributed by atoms with van der Waals surface area (Å²) >= 11 is 0. The number of ether oxygens (including phenoxy) is 2. The summed E-state index contributed by atoms with van der Waals surface area (Å²) in [5.41, 5.74) is 1.84. The Morgan fingerprint density at radius 2 is 1.95 bits per heavy atom. The lowest BCUT2D eigenvalue weighted by Gasteiger charge is -2.33. The second kappa shape index (κ2) is 6.54. The number of anilines is 2. The van der Waals surface area contributed by atoms with Crippen LogP contribution in [0.15, 0.2) is 24.3 Å². The predicted molar refractivity (Wildman–Crippen MR) is 74.3 cm³/mol. The Bertz CT molecular complexity index is 430. The lowest BCUT2D eigenvalue weighted by atomic mass is 10.2. The molecular formula is C14H20N2O3. The van der Waals surface area contributed by atoms with E-state index in [-0.39, 0.29) is 12.2 Å². The van der Waals surface area contributed by atoms with Gasteiger partial charge in [-0.05, 0) is 26.0 Å². The maximum absolute atomic E-state index is 11.7. The van der Waals surface area contributed by atoms with E-state index in [0.29, 0.717) is 26.3 Å². The summed E-state index contributed by atoms with van der Waals surface area (Å²) < 4.78 is 11.1. The van der Waals surface area contributed by atoms with Crippen molar-refractivity contribution in [1.29, 1.82) is 0 Å². The van der Waals surface area contributed by atoms with Crippen molar-refractivity contribution in [3.63, 3.8) is 0 Å². The van der Waals surface area contributed by atoms with E-state index in [1.165, 1.54) is 0 Å². The molecule has 0 bridgehead atoms. The third kappa shape index (κ3) is 3.45. The topological polar surface area (TPSA) is 50.8 Å². The van der Waals surface area contributed by atoms with Crippen LogP contribution in [0.5, 0.6) is 0 Å². The number of rotatable bonds is 6. The number of hydrogen-bond acceptors (Lipinski definition) is 4. The predicted octanol–water partition coefficient (Wildman–Crippen LogP) is 1.84. The fourth-order valence-corrected chi connectivity index (χ4v) is 2.17. The maximum Gasteiger partial charge on any atom is 0.243 e. The van der Waals surface area contributed by atoms with Crippen LogP contribution in [0, 0.1) is 0 Å². The molecule has 1 aromatic rings. The summed E-state index contributed by atoms with van der Waals surface area (Å²) in [6.45, 7) is 5.92. The molecule has 0 unspecified atom stereocenters. The van der Waals surface area contributed by atoms with Gasteiger partial charge in [0.2, 0.25) is 5.91 Å². The number of nitrogens with one attached hydrogen (secondary N) is 1. The zero-order valence-electron chi connectivity index (χ0n) is 11.4. The fraction of sp³-hybridized carbons (Fsp3) is 0.500. The first kappa shape index (κ1) is 13.8. The molecule has 0 atom stereocenters. The molecular weight excluding hydrogens is 244 g/mol. The molecule has 5 heteroatoms. The van der Waals surface area contributed by atoms with Crippen LogP contribution in [0.25, 0.3) is 0 Å². The monoisotopic (exact) mass is 264 g/mol. The molecule has 0 saturated heterocycles. The number of benzene rings is 1. The lowest BCUT2D eigenvalue weighted by Crippen LogP contribution is -2.43. The highest BCUT2D eigenvalue weighted by Crippen LogP contribution is 2.29. The van der Waals surface area contributed by atoms with Crippen LogP contribution in [-0.4, -0.2) is 38.5 Å². The van der Waals surface area contributed by atoms with Crippen molar-refractivity contribution < 1.29 is 14.3 Å². The van der Waals surface area contributed by atoms with Crippen molar-refractivity contribution in [2.45, 2.75) is 20.1 Å². The van der Waals surface area contributed by atoms with E-state index in [2.05, 4.69) is 5.32 Å². The molecule has 104 valence electrons. The van der Waals surface area contributed by atoms with Crippen LogP contribution in [0.4, 0.5) is 11.4 Å². The Labute approximate surface area is 113 Å². The van der Waals surface area contributed by atoms with Gasteiger partial charge in [-0.1, -0.05) is 12.1 Å². The Kier molecular flexibility index (Phi) is 4.76. The Morgan fingerprint density at radius 3 is 2.63 bits per heavy atom. The van der Waals surface area contributed by atoms with Crippen molar-refractivity contribution in [3.8, 4) is 0 Å². The molecule has 1 amide bonds. The van der Waals surface area contributed by atoms with E-state index in [1.807, 2.05) is 43.0 Å². The SMILES string of the molecule is CCOC(CN1CC(=O)Nc2ccccc21)OCC. The Morgan fingerprint density at radius 1 is 1.26 bits per heavy atom. The highest BCUT2D eigenvalue weighted by Gasteiger charge is 2.24. The minimum absolute atomic E-state index is 0.00885. The standard InChI is InChI=1S/C14H20N2O3/c1-3-18-14(19-4-2)10-16-9-13(17)15-11-7-5-6-8-12(11)16/h5-8,14H,3-4,9-10H2,1-2H3,(H,15,17). The number of carbonyl (C=O) groups excluding carboxylic acids is 1. The fourth-order valence-electron chi connectivity index (χ4n) is 2.17. The summed E-state index contributed by atoms with van der Waals surface area (Å²) in [5.74, 6) is -0.00885. The molecule has 19 heavy (non-hydrogen) atoms. The number of fused-ring (bicyclic) bond motifs is 1. The zero-order chi connectivity index (χ0) is 13.7. The van der Waals surface area contributed by atoms with E-state index >= 15 is 0 Å². The highest BCUT2D eigenvalue weighted by molar-refractivity contribution is 6.01. The van der Waals surface area contributed by atoms with Crippen LogP contribution in [0.1, 0.15) is 13.8 Å². The van der Waals surface area contributed by atoms with E-state index in [4.69, 9.17) is 9.47 Å². The average molecular weight is 264 g/mol. The van der Waals surface area contributed by atoms with Gasteiger partial charge in [0.25, 0.3) is 0 Å². The molecule has 0 radical (unpaired) electrons. The van der Waals surface area contributed by atoms with Gasteiger partial charge in [-0.25, -0.2) is 0 Å². The molecule has 1 aliphatic heterocycles. The molecule has 0 spiro atoms. The molecule has 1 aliphatic rings. The molecule has 5 nitrogen and oxygen atoms in total. The van der Waals surface area contributed by atoms with Gasteiger partial charge in [-0.15, -0.1) is 0 Å². The molecule has 0 aromatic heterocycles. The molecule has 1 N–H and O–H groups in total. The summed E-state index contributed by atoms with van der Waals surface area (Å²) in [7, 11) is 0.